The van der Waals surface area contributed by atoms with Crippen molar-refractivity contribution in [2.45, 2.75) is 19.0 Å². The van der Waals surface area contributed by atoms with Crippen LogP contribution in [0.25, 0.3) is 0 Å². The van der Waals surface area contributed by atoms with Crippen molar-refractivity contribution < 1.29 is 18.7 Å². The van der Waals surface area contributed by atoms with Crippen LogP contribution in [0, 0.1) is 0 Å². The van der Waals surface area contributed by atoms with Gasteiger partial charge in [0.2, 0.25) is 5.91 Å². The fraction of sp³-hybridized carbons (Fsp3) is 0.250. The molecular weight excluding hydrogens is 284 g/mol. The second-order valence-corrected chi connectivity index (χ2v) is 4.73. The summed E-state index contributed by atoms with van der Waals surface area (Å²) < 4.78 is 9.86. The van der Waals surface area contributed by atoms with Gasteiger partial charge in [0.05, 0.1) is 25.5 Å². The fourth-order valence-corrected chi connectivity index (χ4v) is 2.03. The van der Waals surface area contributed by atoms with Gasteiger partial charge in [-0.1, -0.05) is 30.3 Å². The lowest BCUT2D eigenvalue weighted by Gasteiger charge is -2.21. The van der Waals surface area contributed by atoms with Crippen molar-refractivity contribution in [3.63, 3.8) is 0 Å². The van der Waals surface area contributed by atoms with E-state index in [9.17, 15) is 9.59 Å². The number of hydrogen-bond donors (Lipinski definition) is 2. The number of ether oxygens (including phenoxy) is 1. The van der Waals surface area contributed by atoms with Crippen LogP contribution in [0.1, 0.15) is 24.3 Å². The van der Waals surface area contributed by atoms with E-state index in [2.05, 4.69) is 15.4 Å². The number of nitrogens with one attached hydrogen (secondary N) is 2. The molecule has 0 aliphatic heterocycles. The highest BCUT2D eigenvalue weighted by atomic mass is 16.5. The Morgan fingerprint density at radius 2 is 1.86 bits per heavy atom. The van der Waals surface area contributed by atoms with E-state index in [1.165, 1.54) is 7.11 Å². The molecule has 1 aromatic carbocycles. The van der Waals surface area contributed by atoms with E-state index in [0.717, 1.165) is 5.56 Å². The molecule has 116 valence electrons. The summed E-state index contributed by atoms with van der Waals surface area (Å²) >= 11 is 0. The van der Waals surface area contributed by atoms with Crippen LogP contribution in [0.4, 0.5) is 4.79 Å². The largest absolute Gasteiger partial charge is 0.467 e. The summed E-state index contributed by atoms with van der Waals surface area (Å²) in [6, 6.07) is 12.3. The summed E-state index contributed by atoms with van der Waals surface area (Å²) in [5, 5.41) is 5.29. The van der Waals surface area contributed by atoms with Gasteiger partial charge in [-0.25, -0.2) is 4.79 Å². The summed E-state index contributed by atoms with van der Waals surface area (Å²) in [6.07, 6.45) is 0.791. The number of amides is 2. The molecule has 0 bridgehead atoms. The van der Waals surface area contributed by atoms with Crippen LogP contribution in [0.15, 0.2) is 53.1 Å². The molecule has 0 saturated carbocycles. The summed E-state index contributed by atoms with van der Waals surface area (Å²) in [6.45, 7) is 1.66. The molecule has 0 unspecified atom stereocenters. The minimum absolute atomic E-state index is 0.297. The highest BCUT2D eigenvalue weighted by Gasteiger charge is 2.23. The van der Waals surface area contributed by atoms with Gasteiger partial charge < -0.3 is 9.15 Å². The van der Waals surface area contributed by atoms with E-state index < -0.39 is 18.0 Å². The first-order chi connectivity index (χ1) is 10.6. The predicted molar refractivity (Wildman–Crippen MR) is 80.1 cm³/mol. The standard InChI is InChI=1S/C16H18N2O4/c1-11(15(19)18-16(20)21-2)17-14(13-9-6-10-22-13)12-7-4-3-5-8-12/h3-11,14,17H,1-2H3,(H,18,19,20)/t11-,14-/m1/s1. The van der Waals surface area contributed by atoms with Crippen LogP contribution in [-0.2, 0) is 9.53 Å². The Morgan fingerprint density at radius 3 is 2.45 bits per heavy atom. The quantitative estimate of drug-likeness (QED) is 0.885. The molecule has 0 aliphatic carbocycles. The topological polar surface area (TPSA) is 80.6 Å². The lowest BCUT2D eigenvalue weighted by Crippen LogP contribution is -2.45. The summed E-state index contributed by atoms with van der Waals surface area (Å²) in [4.78, 5) is 23.1. The fourth-order valence-electron chi connectivity index (χ4n) is 2.03. The van der Waals surface area contributed by atoms with Gasteiger partial charge in [-0.05, 0) is 24.6 Å². The third kappa shape index (κ3) is 3.95. The molecule has 0 aliphatic rings. The maximum atomic E-state index is 11.9. The van der Waals surface area contributed by atoms with E-state index in [-0.39, 0.29) is 6.04 Å². The molecule has 2 amide bonds. The molecule has 0 radical (unpaired) electrons. The molecule has 1 heterocycles. The maximum absolute atomic E-state index is 11.9. The number of imide groups is 1. The Hall–Kier alpha value is -2.60. The number of carbonyl (C=O) groups is 2. The van der Waals surface area contributed by atoms with Crippen molar-refractivity contribution in [3.05, 3.63) is 60.1 Å². The number of carbonyl (C=O) groups excluding carboxylic acids is 2. The minimum atomic E-state index is -0.784. The normalized spacial score (nSPS) is 13.2. The van der Waals surface area contributed by atoms with Gasteiger partial charge in [0.1, 0.15) is 5.76 Å². The number of methoxy groups -OCH3 is 1. The Balaban J connectivity index is 2.14. The van der Waals surface area contributed by atoms with Crippen LogP contribution in [-0.4, -0.2) is 25.2 Å². The number of furan rings is 1. The van der Waals surface area contributed by atoms with Crippen LogP contribution < -0.4 is 10.6 Å². The average Bonchev–Trinajstić information content (AvgIpc) is 3.07. The van der Waals surface area contributed by atoms with Crippen molar-refractivity contribution in [2.24, 2.45) is 0 Å². The van der Waals surface area contributed by atoms with E-state index in [0.29, 0.717) is 5.76 Å². The second-order valence-electron chi connectivity index (χ2n) is 4.73. The zero-order valence-electron chi connectivity index (χ0n) is 12.4. The van der Waals surface area contributed by atoms with Crippen molar-refractivity contribution in [2.75, 3.05) is 7.11 Å². The van der Waals surface area contributed by atoms with Crippen molar-refractivity contribution in [1.29, 1.82) is 0 Å². The molecule has 1 aromatic heterocycles. The van der Waals surface area contributed by atoms with Gasteiger partial charge in [-0.3, -0.25) is 15.4 Å². The third-order valence-electron chi connectivity index (χ3n) is 3.18. The van der Waals surface area contributed by atoms with Gasteiger partial charge in [-0.15, -0.1) is 0 Å². The minimum Gasteiger partial charge on any atom is -0.467 e. The maximum Gasteiger partial charge on any atom is 0.413 e. The highest BCUT2D eigenvalue weighted by Crippen LogP contribution is 2.22. The Morgan fingerprint density at radius 1 is 1.14 bits per heavy atom. The molecule has 2 rings (SSSR count). The van der Waals surface area contributed by atoms with Crippen LogP contribution in [0.3, 0.4) is 0 Å². The average molecular weight is 302 g/mol. The van der Waals surface area contributed by atoms with Crippen LogP contribution in [0.2, 0.25) is 0 Å². The van der Waals surface area contributed by atoms with Crippen LogP contribution >= 0.6 is 0 Å². The van der Waals surface area contributed by atoms with Crippen molar-refractivity contribution >= 4 is 12.0 Å². The summed E-state index contributed by atoms with van der Waals surface area (Å²) in [5.74, 6) is 0.211. The SMILES string of the molecule is COC(=O)NC(=O)[C@@H](C)N[C@H](c1ccccc1)c1ccco1. The van der Waals surface area contributed by atoms with Crippen LogP contribution in [0.5, 0.6) is 0 Å². The first kappa shape index (κ1) is 15.8. The molecule has 0 spiro atoms. The summed E-state index contributed by atoms with van der Waals surface area (Å²) in [7, 11) is 1.20. The van der Waals surface area contributed by atoms with E-state index in [1.54, 1.807) is 19.3 Å². The van der Waals surface area contributed by atoms with Gasteiger partial charge in [-0.2, -0.15) is 0 Å². The number of hydrogen-bond acceptors (Lipinski definition) is 5. The molecule has 0 fully saturated rings. The Bertz CT molecular complexity index is 610. The number of alkyl carbamates (subject to hydrolysis) is 1. The molecule has 0 saturated heterocycles. The number of benzene rings is 1. The molecule has 2 atom stereocenters. The van der Waals surface area contributed by atoms with Gasteiger partial charge >= 0.3 is 6.09 Å². The lowest BCUT2D eigenvalue weighted by atomic mass is 10.0. The molecule has 2 N–H and O–H groups in total. The molecule has 6 heteroatoms. The zero-order chi connectivity index (χ0) is 15.9. The third-order valence-corrected chi connectivity index (χ3v) is 3.18. The first-order valence-electron chi connectivity index (χ1n) is 6.85. The van der Waals surface area contributed by atoms with E-state index in [1.807, 2.05) is 36.4 Å². The second kappa shape index (κ2) is 7.42. The Labute approximate surface area is 128 Å². The first-order valence-corrected chi connectivity index (χ1v) is 6.85. The monoisotopic (exact) mass is 302 g/mol. The van der Waals surface area contributed by atoms with E-state index in [4.69, 9.17) is 4.42 Å². The molecular formula is C16H18N2O4. The predicted octanol–water partition coefficient (Wildman–Crippen LogP) is 2.23. The molecule has 2 aromatic rings. The Kier molecular flexibility index (Phi) is 5.32. The molecule has 6 nitrogen and oxygen atoms in total. The zero-order valence-corrected chi connectivity index (χ0v) is 12.4. The summed E-state index contributed by atoms with van der Waals surface area (Å²) in [5.41, 5.74) is 0.954. The van der Waals surface area contributed by atoms with Crippen molar-refractivity contribution in [3.8, 4) is 0 Å². The highest BCUT2D eigenvalue weighted by molar-refractivity contribution is 5.94. The lowest BCUT2D eigenvalue weighted by molar-refractivity contribution is -0.122. The van der Waals surface area contributed by atoms with Gasteiger partial charge in [0, 0.05) is 0 Å². The smallest absolute Gasteiger partial charge is 0.413 e. The van der Waals surface area contributed by atoms with Crippen molar-refractivity contribution in [1.82, 2.24) is 10.6 Å². The van der Waals surface area contributed by atoms with Gasteiger partial charge in [0.15, 0.2) is 0 Å². The number of rotatable bonds is 5. The molecule has 22 heavy (non-hydrogen) atoms. The van der Waals surface area contributed by atoms with Gasteiger partial charge in [0.25, 0.3) is 0 Å². The van der Waals surface area contributed by atoms with E-state index >= 15 is 0 Å².